The standard InChI is InChI=1S/C14H21N3OS2/c1-3-6-15-14(19)17-16-13(18)12-8-10-7-9(2)4-5-11(10)20-12/h8-9H,3-7H2,1-2H3,(H,16,18)(H2,15,17,19)/t9-/m0/s1. The summed E-state index contributed by atoms with van der Waals surface area (Å²) in [4.78, 5) is 14.2. The minimum absolute atomic E-state index is 0.113. The summed E-state index contributed by atoms with van der Waals surface area (Å²) in [5.74, 6) is 0.606. The van der Waals surface area contributed by atoms with Crippen LogP contribution in [0.1, 0.15) is 46.8 Å². The van der Waals surface area contributed by atoms with E-state index in [0.29, 0.717) is 5.11 Å². The molecule has 0 spiro atoms. The van der Waals surface area contributed by atoms with Crippen LogP contribution in [0.15, 0.2) is 6.07 Å². The molecule has 0 bridgehead atoms. The van der Waals surface area contributed by atoms with Crippen LogP contribution in [0, 0.1) is 5.92 Å². The number of nitrogens with one attached hydrogen (secondary N) is 3. The first-order valence-corrected chi connectivity index (χ1v) is 8.28. The number of aryl methyl sites for hydroxylation is 1. The summed E-state index contributed by atoms with van der Waals surface area (Å²) in [6.45, 7) is 5.12. The number of hydrazine groups is 1. The van der Waals surface area contributed by atoms with Crippen LogP contribution in [0.2, 0.25) is 0 Å². The molecule has 0 fully saturated rings. The average Bonchev–Trinajstić information content (AvgIpc) is 2.85. The summed E-state index contributed by atoms with van der Waals surface area (Å²) < 4.78 is 0. The van der Waals surface area contributed by atoms with Gasteiger partial charge in [-0.1, -0.05) is 13.8 Å². The van der Waals surface area contributed by atoms with Crippen molar-refractivity contribution in [2.45, 2.75) is 39.5 Å². The molecule has 0 aliphatic heterocycles. The van der Waals surface area contributed by atoms with E-state index in [1.807, 2.05) is 6.07 Å². The summed E-state index contributed by atoms with van der Waals surface area (Å²) in [7, 11) is 0. The van der Waals surface area contributed by atoms with E-state index in [2.05, 4.69) is 30.0 Å². The predicted molar refractivity (Wildman–Crippen MR) is 87.0 cm³/mol. The topological polar surface area (TPSA) is 53.2 Å². The molecule has 110 valence electrons. The van der Waals surface area contributed by atoms with Crippen molar-refractivity contribution in [1.82, 2.24) is 16.2 Å². The van der Waals surface area contributed by atoms with Crippen LogP contribution in [-0.2, 0) is 12.8 Å². The highest BCUT2D eigenvalue weighted by molar-refractivity contribution is 7.80. The van der Waals surface area contributed by atoms with Crippen molar-refractivity contribution >= 4 is 34.6 Å². The third kappa shape index (κ3) is 3.93. The van der Waals surface area contributed by atoms with Crippen LogP contribution in [-0.4, -0.2) is 17.6 Å². The van der Waals surface area contributed by atoms with Gasteiger partial charge in [-0.15, -0.1) is 11.3 Å². The molecule has 0 unspecified atom stereocenters. The van der Waals surface area contributed by atoms with Crippen LogP contribution in [0.25, 0.3) is 0 Å². The van der Waals surface area contributed by atoms with Gasteiger partial charge in [0.25, 0.3) is 5.91 Å². The fraction of sp³-hybridized carbons (Fsp3) is 0.571. The van der Waals surface area contributed by atoms with E-state index >= 15 is 0 Å². The third-order valence-corrected chi connectivity index (χ3v) is 4.86. The molecule has 1 atom stereocenters. The number of hydrogen-bond acceptors (Lipinski definition) is 3. The first-order chi connectivity index (χ1) is 9.60. The van der Waals surface area contributed by atoms with Crippen LogP contribution in [0.4, 0.5) is 0 Å². The van der Waals surface area contributed by atoms with Crippen molar-refractivity contribution in [2.75, 3.05) is 6.54 Å². The monoisotopic (exact) mass is 311 g/mol. The third-order valence-electron chi connectivity index (χ3n) is 3.38. The Morgan fingerprint density at radius 3 is 3.05 bits per heavy atom. The molecule has 1 amide bonds. The second-order valence-electron chi connectivity index (χ2n) is 5.24. The van der Waals surface area contributed by atoms with Gasteiger partial charge >= 0.3 is 0 Å². The molecule has 0 aromatic carbocycles. The van der Waals surface area contributed by atoms with Crippen molar-refractivity contribution in [2.24, 2.45) is 5.92 Å². The lowest BCUT2D eigenvalue weighted by Gasteiger charge is -2.16. The van der Waals surface area contributed by atoms with Crippen molar-refractivity contribution in [3.05, 3.63) is 21.4 Å². The first-order valence-electron chi connectivity index (χ1n) is 7.06. The van der Waals surface area contributed by atoms with E-state index in [-0.39, 0.29) is 5.91 Å². The Morgan fingerprint density at radius 2 is 2.30 bits per heavy atom. The second-order valence-corrected chi connectivity index (χ2v) is 6.79. The van der Waals surface area contributed by atoms with Gasteiger partial charge in [0.1, 0.15) is 0 Å². The highest BCUT2D eigenvalue weighted by Gasteiger charge is 2.20. The van der Waals surface area contributed by atoms with Gasteiger partial charge in [-0.25, -0.2) is 0 Å². The molecule has 4 nitrogen and oxygen atoms in total. The number of hydrogen-bond donors (Lipinski definition) is 3. The molecule has 2 rings (SSSR count). The molecular weight excluding hydrogens is 290 g/mol. The zero-order valence-electron chi connectivity index (χ0n) is 11.9. The van der Waals surface area contributed by atoms with Gasteiger partial charge in [-0.2, -0.15) is 0 Å². The van der Waals surface area contributed by atoms with Gasteiger partial charge in [0.15, 0.2) is 5.11 Å². The molecule has 6 heteroatoms. The number of thiophene rings is 1. The summed E-state index contributed by atoms with van der Waals surface area (Å²) in [6.07, 6.45) is 4.39. The molecule has 20 heavy (non-hydrogen) atoms. The molecule has 1 aromatic rings. The summed E-state index contributed by atoms with van der Waals surface area (Å²) in [5, 5.41) is 3.46. The van der Waals surface area contributed by atoms with Crippen molar-refractivity contribution in [3.8, 4) is 0 Å². The Kier molecular flexibility index (Phi) is 5.37. The maximum absolute atomic E-state index is 12.1. The highest BCUT2D eigenvalue weighted by Crippen LogP contribution is 2.31. The lowest BCUT2D eigenvalue weighted by atomic mass is 9.90. The number of rotatable bonds is 3. The number of carbonyl (C=O) groups excluding carboxylic acids is 1. The summed E-state index contributed by atoms with van der Waals surface area (Å²) >= 11 is 6.66. The molecule has 0 saturated heterocycles. The fourth-order valence-corrected chi connectivity index (χ4v) is 3.53. The van der Waals surface area contributed by atoms with Gasteiger partial charge in [-0.05, 0) is 55.4 Å². The van der Waals surface area contributed by atoms with Crippen LogP contribution >= 0.6 is 23.6 Å². The Bertz CT molecular complexity index is 499. The quantitative estimate of drug-likeness (QED) is 0.593. The number of thiocarbonyl (C=S) groups is 1. The molecule has 3 N–H and O–H groups in total. The molecule has 1 aliphatic carbocycles. The minimum atomic E-state index is -0.113. The van der Waals surface area contributed by atoms with Gasteiger partial charge in [0.2, 0.25) is 0 Å². The van der Waals surface area contributed by atoms with E-state index in [1.165, 1.54) is 16.9 Å². The molecule has 0 saturated carbocycles. The van der Waals surface area contributed by atoms with E-state index in [0.717, 1.165) is 36.6 Å². The zero-order valence-corrected chi connectivity index (χ0v) is 13.5. The first kappa shape index (κ1) is 15.3. The summed E-state index contributed by atoms with van der Waals surface area (Å²) in [5.41, 5.74) is 6.72. The Hall–Kier alpha value is -1.14. The number of amides is 1. The van der Waals surface area contributed by atoms with Gasteiger partial charge in [-0.3, -0.25) is 15.6 Å². The van der Waals surface area contributed by atoms with Crippen LogP contribution < -0.4 is 16.2 Å². The molecule has 1 heterocycles. The summed E-state index contributed by atoms with van der Waals surface area (Å²) in [6, 6.07) is 2.02. The van der Waals surface area contributed by atoms with E-state index in [9.17, 15) is 4.79 Å². The Morgan fingerprint density at radius 1 is 1.50 bits per heavy atom. The lowest BCUT2D eigenvalue weighted by Crippen LogP contribution is -2.46. The normalized spacial score (nSPS) is 17.2. The van der Waals surface area contributed by atoms with Crippen molar-refractivity contribution in [1.29, 1.82) is 0 Å². The highest BCUT2D eigenvalue weighted by atomic mass is 32.1. The smallest absolute Gasteiger partial charge is 0.279 e. The second kappa shape index (κ2) is 7.04. The molecule has 1 aliphatic rings. The van der Waals surface area contributed by atoms with Crippen LogP contribution in [0.5, 0.6) is 0 Å². The SMILES string of the molecule is CCCNC(=S)NNC(=O)c1cc2c(s1)CC[C@H](C)C2. The van der Waals surface area contributed by atoms with Gasteiger partial charge in [0, 0.05) is 11.4 Å². The lowest BCUT2D eigenvalue weighted by molar-refractivity contribution is 0.0947. The molecule has 0 radical (unpaired) electrons. The number of fused-ring (bicyclic) bond motifs is 1. The largest absolute Gasteiger partial charge is 0.361 e. The van der Waals surface area contributed by atoms with E-state index in [1.54, 1.807) is 11.3 Å². The van der Waals surface area contributed by atoms with Gasteiger partial charge in [0.05, 0.1) is 4.88 Å². The Labute approximate surface area is 129 Å². The number of carbonyl (C=O) groups is 1. The van der Waals surface area contributed by atoms with Crippen LogP contribution in [0.3, 0.4) is 0 Å². The van der Waals surface area contributed by atoms with Crippen molar-refractivity contribution < 1.29 is 4.79 Å². The maximum Gasteiger partial charge on any atom is 0.279 e. The Balaban J connectivity index is 1.88. The molecule has 1 aromatic heterocycles. The fourth-order valence-electron chi connectivity index (χ4n) is 2.28. The zero-order chi connectivity index (χ0) is 14.5. The minimum Gasteiger partial charge on any atom is -0.361 e. The van der Waals surface area contributed by atoms with E-state index < -0.39 is 0 Å². The molecular formula is C14H21N3OS2. The predicted octanol–water partition coefficient (Wildman–Crippen LogP) is 2.39. The maximum atomic E-state index is 12.1. The van der Waals surface area contributed by atoms with Gasteiger partial charge < -0.3 is 5.32 Å². The average molecular weight is 311 g/mol. The van der Waals surface area contributed by atoms with E-state index in [4.69, 9.17) is 12.2 Å². The van der Waals surface area contributed by atoms with Crippen molar-refractivity contribution in [3.63, 3.8) is 0 Å².